The maximum atomic E-state index is 12.6. The quantitative estimate of drug-likeness (QED) is 0.213. The molecule has 1 heterocycles. The zero-order valence-electron chi connectivity index (χ0n) is 20.0. The predicted octanol–water partition coefficient (Wildman–Crippen LogP) is 7.58. The van der Waals surface area contributed by atoms with E-state index in [0.29, 0.717) is 18.8 Å². The zero-order valence-corrected chi connectivity index (χ0v) is 20.0. The van der Waals surface area contributed by atoms with Crippen LogP contribution in [0.5, 0.6) is 5.75 Å². The summed E-state index contributed by atoms with van der Waals surface area (Å²) in [6, 6.07) is 20.4. The predicted molar refractivity (Wildman–Crippen MR) is 134 cm³/mol. The highest BCUT2D eigenvalue weighted by atomic mass is 16.5. The highest BCUT2D eigenvalue weighted by molar-refractivity contribution is 5.87. The van der Waals surface area contributed by atoms with Gasteiger partial charge in [0.25, 0.3) is 0 Å². The summed E-state index contributed by atoms with van der Waals surface area (Å²) in [5, 5.41) is 0. The number of carbonyl (C=O) groups is 1. The fraction of sp³-hybridized carbons (Fsp3) is 0.379. The van der Waals surface area contributed by atoms with E-state index < -0.39 is 5.97 Å². The number of hydrogen-bond donors (Lipinski definition) is 0. The summed E-state index contributed by atoms with van der Waals surface area (Å²) in [7, 11) is 0. The zero-order chi connectivity index (χ0) is 23.5. The molecular formula is C29H35NO3. The highest BCUT2D eigenvalue weighted by Gasteiger charge is 2.17. The van der Waals surface area contributed by atoms with Crippen molar-refractivity contribution >= 4 is 5.97 Å². The number of benzene rings is 2. The Labute approximate surface area is 198 Å². The second-order valence-electron chi connectivity index (χ2n) is 8.31. The molecule has 0 bridgehead atoms. The molecule has 1 unspecified atom stereocenters. The van der Waals surface area contributed by atoms with Crippen LogP contribution >= 0.6 is 0 Å². The number of pyridine rings is 1. The van der Waals surface area contributed by atoms with Gasteiger partial charge in [-0.05, 0) is 53.6 Å². The summed E-state index contributed by atoms with van der Waals surface area (Å²) in [6.45, 7) is 7.03. The van der Waals surface area contributed by atoms with Crippen LogP contribution in [0.25, 0.3) is 11.1 Å². The Kier molecular flexibility index (Phi) is 9.49. The van der Waals surface area contributed by atoms with Crippen LogP contribution in [0.1, 0.15) is 80.6 Å². The Morgan fingerprint density at radius 1 is 0.848 bits per heavy atom. The van der Waals surface area contributed by atoms with E-state index in [2.05, 4.69) is 55.2 Å². The van der Waals surface area contributed by atoms with Gasteiger partial charge in [0, 0.05) is 0 Å². The van der Waals surface area contributed by atoms with E-state index in [1.807, 2.05) is 19.1 Å². The Hall–Kier alpha value is -3.14. The molecule has 0 amide bonds. The number of carbonyl (C=O) groups excluding carboxylic acids is 1. The largest absolute Gasteiger partial charge is 0.492 e. The number of esters is 1. The number of hydrogen-bond acceptors (Lipinski definition) is 4. The first kappa shape index (κ1) is 24.5. The smallest absolute Gasteiger partial charge is 0.357 e. The Morgan fingerprint density at radius 3 is 2.12 bits per heavy atom. The maximum absolute atomic E-state index is 12.6. The summed E-state index contributed by atoms with van der Waals surface area (Å²) >= 11 is 0. The number of aromatic nitrogens is 1. The van der Waals surface area contributed by atoms with Crippen LogP contribution in [-0.4, -0.2) is 17.6 Å². The molecule has 1 aromatic heterocycles. The maximum Gasteiger partial charge on any atom is 0.357 e. The summed E-state index contributed by atoms with van der Waals surface area (Å²) in [4.78, 5) is 16.9. The normalized spacial score (nSPS) is 11.7. The van der Waals surface area contributed by atoms with E-state index in [4.69, 9.17) is 9.47 Å². The third-order valence-corrected chi connectivity index (χ3v) is 5.69. The van der Waals surface area contributed by atoms with Gasteiger partial charge < -0.3 is 9.47 Å². The molecule has 0 saturated carbocycles. The second-order valence-corrected chi connectivity index (χ2v) is 8.31. The van der Waals surface area contributed by atoms with Crippen molar-refractivity contribution < 1.29 is 14.3 Å². The van der Waals surface area contributed by atoms with Crippen LogP contribution in [0.3, 0.4) is 0 Å². The van der Waals surface area contributed by atoms with Gasteiger partial charge in [0.2, 0.25) is 0 Å². The lowest BCUT2D eigenvalue weighted by Gasteiger charge is -2.17. The second kappa shape index (κ2) is 12.8. The lowest BCUT2D eigenvalue weighted by Crippen LogP contribution is -2.12. The fourth-order valence-electron chi connectivity index (χ4n) is 3.75. The van der Waals surface area contributed by atoms with Crippen LogP contribution in [-0.2, 0) is 11.2 Å². The molecule has 0 aliphatic carbocycles. The Morgan fingerprint density at radius 2 is 1.55 bits per heavy atom. The molecule has 0 fully saturated rings. The van der Waals surface area contributed by atoms with E-state index in [1.165, 1.54) is 11.1 Å². The molecule has 2 aromatic carbocycles. The molecule has 0 aliphatic heterocycles. The first-order valence-corrected chi connectivity index (χ1v) is 12.1. The molecule has 3 aromatic rings. The molecule has 3 rings (SSSR count). The van der Waals surface area contributed by atoms with Gasteiger partial charge in [0.1, 0.15) is 17.5 Å². The molecule has 4 nitrogen and oxygen atoms in total. The van der Waals surface area contributed by atoms with Crippen LogP contribution in [0.2, 0.25) is 0 Å². The first-order valence-electron chi connectivity index (χ1n) is 12.1. The van der Waals surface area contributed by atoms with Gasteiger partial charge in [-0.1, -0.05) is 88.6 Å². The highest BCUT2D eigenvalue weighted by Crippen LogP contribution is 2.27. The molecule has 0 N–H and O–H groups in total. The lowest BCUT2D eigenvalue weighted by molar-refractivity contribution is 0.0281. The monoisotopic (exact) mass is 445 g/mol. The fourth-order valence-corrected chi connectivity index (χ4v) is 3.75. The summed E-state index contributed by atoms with van der Waals surface area (Å²) in [6.07, 6.45) is 7.53. The van der Waals surface area contributed by atoms with Crippen LogP contribution < -0.4 is 4.74 Å². The van der Waals surface area contributed by atoms with Crippen molar-refractivity contribution in [2.24, 2.45) is 0 Å². The average Bonchev–Trinajstić information content (AvgIpc) is 2.86. The van der Waals surface area contributed by atoms with Gasteiger partial charge in [-0.3, -0.25) is 0 Å². The van der Waals surface area contributed by atoms with Crippen LogP contribution in [0.4, 0.5) is 0 Å². The van der Waals surface area contributed by atoms with Crippen molar-refractivity contribution in [3.8, 4) is 16.9 Å². The molecule has 174 valence electrons. The number of nitrogens with zero attached hydrogens (tertiary/aromatic N) is 1. The minimum absolute atomic E-state index is 0.290. The molecule has 1 atom stereocenters. The molecular weight excluding hydrogens is 410 g/mol. The molecule has 4 heteroatoms. The summed E-state index contributed by atoms with van der Waals surface area (Å²) < 4.78 is 11.4. The number of rotatable bonds is 12. The SMILES string of the molecule is CCCCCOc1ccc(C(=O)OC(CC)c2ccc(-c3ccc(CCC)cc3)cc2)nc1. The van der Waals surface area contributed by atoms with Gasteiger partial charge >= 0.3 is 5.97 Å². The van der Waals surface area contributed by atoms with Crippen molar-refractivity contribution in [3.63, 3.8) is 0 Å². The molecule has 0 spiro atoms. The Bertz CT molecular complexity index is 979. The lowest BCUT2D eigenvalue weighted by atomic mass is 9.99. The third-order valence-electron chi connectivity index (χ3n) is 5.69. The molecule has 33 heavy (non-hydrogen) atoms. The van der Waals surface area contributed by atoms with Gasteiger partial charge in [0.05, 0.1) is 12.8 Å². The Balaban J connectivity index is 1.60. The number of aryl methyl sites for hydroxylation is 1. The topological polar surface area (TPSA) is 48.4 Å². The minimum Gasteiger partial charge on any atom is -0.492 e. The van der Waals surface area contributed by atoms with Crippen molar-refractivity contribution in [2.45, 2.75) is 65.4 Å². The average molecular weight is 446 g/mol. The van der Waals surface area contributed by atoms with E-state index in [-0.39, 0.29) is 11.8 Å². The van der Waals surface area contributed by atoms with Crippen molar-refractivity contribution in [3.05, 3.63) is 83.7 Å². The van der Waals surface area contributed by atoms with Gasteiger partial charge in [0.15, 0.2) is 0 Å². The number of unbranched alkanes of at least 4 members (excludes halogenated alkanes) is 2. The standard InChI is InChI=1S/C29H35NO3/c1-4-7-8-20-32-26-18-19-27(30-21-26)29(31)33-28(6-3)25-16-14-24(15-17-25)23-12-10-22(9-5-2)11-13-23/h10-19,21,28H,4-9,20H2,1-3H3. The first-order chi connectivity index (χ1) is 16.1. The van der Waals surface area contributed by atoms with Crippen molar-refractivity contribution in [1.29, 1.82) is 0 Å². The minimum atomic E-state index is -0.421. The van der Waals surface area contributed by atoms with Gasteiger partial charge in [-0.25, -0.2) is 9.78 Å². The van der Waals surface area contributed by atoms with E-state index in [9.17, 15) is 4.79 Å². The molecule has 0 saturated heterocycles. The van der Waals surface area contributed by atoms with Gasteiger partial charge in [-0.15, -0.1) is 0 Å². The van der Waals surface area contributed by atoms with Gasteiger partial charge in [-0.2, -0.15) is 0 Å². The van der Waals surface area contributed by atoms with Crippen molar-refractivity contribution in [1.82, 2.24) is 4.98 Å². The van der Waals surface area contributed by atoms with Crippen LogP contribution in [0.15, 0.2) is 66.9 Å². The number of ether oxygens (including phenoxy) is 2. The van der Waals surface area contributed by atoms with E-state index >= 15 is 0 Å². The molecule has 0 aliphatic rings. The van der Waals surface area contributed by atoms with Crippen molar-refractivity contribution in [2.75, 3.05) is 6.61 Å². The summed E-state index contributed by atoms with van der Waals surface area (Å²) in [5.74, 6) is 0.253. The summed E-state index contributed by atoms with van der Waals surface area (Å²) in [5.41, 5.74) is 4.97. The third kappa shape index (κ3) is 7.18. The molecule has 0 radical (unpaired) electrons. The van der Waals surface area contributed by atoms with E-state index in [1.54, 1.807) is 18.3 Å². The van der Waals surface area contributed by atoms with E-state index in [0.717, 1.165) is 43.2 Å². The van der Waals surface area contributed by atoms with Crippen LogP contribution in [0, 0.1) is 0 Å².